The number of carbonyl (C=O) groups is 1. The van der Waals surface area contributed by atoms with Gasteiger partial charge < -0.3 is 4.74 Å². The van der Waals surface area contributed by atoms with Crippen LogP contribution in [0.15, 0.2) is 54.6 Å². The van der Waals surface area contributed by atoms with Crippen molar-refractivity contribution < 1.29 is 13.9 Å². The minimum Gasteiger partial charge on any atom is -0.423 e. The summed E-state index contributed by atoms with van der Waals surface area (Å²) in [7, 11) is 0. The van der Waals surface area contributed by atoms with E-state index in [-0.39, 0.29) is 11.3 Å². The summed E-state index contributed by atoms with van der Waals surface area (Å²) in [4.78, 5) is 12.6. The molecule has 0 bridgehead atoms. The molecule has 33 heavy (non-hydrogen) atoms. The van der Waals surface area contributed by atoms with Crippen LogP contribution in [0.3, 0.4) is 0 Å². The Balaban J connectivity index is 1.50. The second-order valence-electron chi connectivity index (χ2n) is 8.63. The molecule has 0 amide bonds. The number of nitrogens with zero attached hydrogens (tertiary/aromatic N) is 1. The van der Waals surface area contributed by atoms with E-state index in [1.807, 2.05) is 12.1 Å². The Hall–Kier alpha value is -3.45. The lowest BCUT2D eigenvalue weighted by Crippen LogP contribution is -2.15. The van der Waals surface area contributed by atoms with Crippen LogP contribution in [-0.4, -0.2) is 5.97 Å². The number of benzene rings is 3. The number of unbranched alkanes of at least 4 members (excludes halogenated alkanes) is 4. The maximum atomic E-state index is 15.3. The molecule has 4 rings (SSSR count). The van der Waals surface area contributed by atoms with Crippen LogP contribution in [0, 0.1) is 17.1 Å². The fourth-order valence-corrected chi connectivity index (χ4v) is 4.50. The molecule has 0 saturated heterocycles. The molecular formula is C29H28FNO2. The van der Waals surface area contributed by atoms with E-state index in [9.17, 15) is 4.79 Å². The fraction of sp³-hybridized carbons (Fsp3) is 0.310. The third kappa shape index (κ3) is 5.14. The van der Waals surface area contributed by atoms with E-state index >= 15 is 4.39 Å². The van der Waals surface area contributed by atoms with E-state index in [0.29, 0.717) is 17.5 Å². The molecule has 0 atom stereocenters. The largest absolute Gasteiger partial charge is 0.423 e. The van der Waals surface area contributed by atoms with Gasteiger partial charge in [0, 0.05) is 0 Å². The highest BCUT2D eigenvalue weighted by molar-refractivity contribution is 5.93. The Morgan fingerprint density at radius 1 is 0.970 bits per heavy atom. The Bertz CT molecular complexity index is 1190. The van der Waals surface area contributed by atoms with Crippen molar-refractivity contribution in [3.63, 3.8) is 0 Å². The van der Waals surface area contributed by atoms with E-state index < -0.39 is 11.8 Å². The second kappa shape index (κ2) is 10.4. The topological polar surface area (TPSA) is 50.1 Å². The molecule has 0 saturated carbocycles. The molecular weight excluding hydrogens is 413 g/mol. The first-order valence-corrected chi connectivity index (χ1v) is 11.8. The van der Waals surface area contributed by atoms with Gasteiger partial charge in [0.05, 0.1) is 17.2 Å². The average molecular weight is 442 g/mol. The third-order valence-corrected chi connectivity index (χ3v) is 6.33. The molecule has 3 aromatic carbocycles. The molecule has 0 radical (unpaired) electrons. The van der Waals surface area contributed by atoms with Crippen molar-refractivity contribution in [1.82, 2.24) is 0 Å². The lowest BCUT2D eigenvalue weighted by molar-refractivity contribution is 0.0729. The van der Waals surface area contributed by atoms with Gasteiger partial charge in [0.2, 0.25) is 0 Å². The zero-order valence-corrected chi connectivity index (χ0v) is 19.0. The zero-order chi connectivity index (χ0) is 23.2. The number of esters is 1. The molecule has 0 N–H and O–H groups in total. The number of rotatable bonds is 8. The summed E-state index contributed by atoms with van der Waals surface area (Å²) in [6.45, 7) is 2.23. The fourth-order valence-electron chi connectivity index (χ4n) is 4.50. The standard InChI is InChI=1S/C29H28FNO2/c1-2-3-4-5-6-7-20-10-14-24-22(18-20)11-15-26-25(24)16-17-27(28(26)30)29(32)33-23-12-8-21(19-31)9-13-23/h8-10,12-14,16-18H,2-7,11,15H2,1H3. The summed E-state index contributed by atoms with van der Waals surface area (Å²) in [6, 6.07) is 18.0. The summed E-state index contributed by atoms with van der Waals surface area (Å²) in [5.74, 6) is -0.954. The van der Waals surface area contributed by atoms with Gasteiger partial charge in [-0.05, 0) is 83.8 Å². The lowest BCUT2D eigenvalue weighted by atomic mass is 9.83. The maximum absolute atomic E-state index is 15.3. The van der Waals surface area contributed by atoms with Crippen molar-refractivity contribution >= 4 is 5.97 Å². The Morgan fingerprint density at radius 3 is 2.48 bits per heavy atom. The quantitative estimate of drug-likeness (QED) is 0.211. The Morgan fingerprint density at radius 2 is 1.73 bits per heavy atom. The second-order valence-corrected chi connectivity index (χ2v) is 8.63. The molecule has 1 aliphatic rings. The number of nitriles is 1. The van der Waals surface area contributed by atoms with Crippen molar-refractivity contribution in [2.24, 2.45) is 0 Å². The maximum Gasteiger partial charge on any atom is 0.346 e. The summed E-state index contributed by atoms with van der Waals surface area (Å²) >= 11 is 0. The highest BCUT2D eigenvalue weighted by Gasteiger charge is 2.24. The van der Waals surface area contributed by atoms with Crippen LogP contribution in [0.25, 0.3) is 11.1 Å². The minimum absolute atomic E-state index is 0.0646. The third-order valence-electron chi connectivity index (χ3n) is 6.33. The van der Waals surface area contributed by atoms with Crippen molar-refractivity contribution in [3.05, 3.63) is 88.2 Å². The van der Waals surface area contributed by atoms with Crippen LogP contribution < -0.4 is 4.74 Å². The molecule has 0 spiro atoms. The summed E-state index contributed by atoms with van der Waals surface area (Å²) in [5.41, 5.74) is 5.48. The molecule has 0 aliphatic heterocycles. The van der Waals surface area contributed by atoms with Gasteiger partial charge in [-0.15, -0.1) is 0 Å². The normalized spacial score (nSPS) is 11.9. The molecule has 3 aromatic rings. The van der Waals surface area contributed by atoms with Gasteiger partial charge in [-0.25, -0.2) is 9.18 Å². The van der Waals surface area contributed by atoms with E-state index in [4.69, 9.17) is 10.00 Å². The first-order valence-electron chi connectivity index (χ1n) is 11.8. The Kier molecular flexibility index (Phi) is 7.19. The highest BCUT2D eigenvalue weighted by atomic mass is 19.1. The van der Waals surface area contributed by atoms with Gasteiger partial charge in [-0.2, -0.15) is 5.26 Å². The van der Waals surface area contributed by atoms with Gasteiger partial charge in [0.15, 0.2) is 0 Å². The molecule has 0 fully saturated rings. The molecule has 3 nitrogen and oxygen atoms in total. The van der Waals surface area contributed by atoms with Crippen LogP contribution in [0.1, 0.15) is 71.6 Å². The van der Waals surface area contributed by atoms with E-state index in [2.05, 4.69) is 25.1 Å². The van der Waals surface area contributed by atoms with Gasteiger partial charge in [0.1, 0.15) is 11.6 Å². The summed E-state index contributed by atoms with van der Waals surface area (Å²) < 4.78 is 20.7. The summed E-state index contributed by atoms with van der Waals surface area (Å²) in [6.07, 6.45) is 8.72. The number of ether oxygens (including phenoxy) is 1. The van der Waals surface area contributed by atoms with Crippen molar-refractivity contribution in [2.75, 3.05) is 0 Å². The predicted octanol–water partition coefficient (Wildman–Crippen LogP) is 7.20. The van der Waals surface area contributed by atoms with Gasteiger partial charge in [0.25, 0.3) is 0 Å². The number of aryl methyl sites for hydroxylation is 2. The number of hydrogen-bond acceptors (Lipinski definition) is 3. The van der Waals surface area contributed by atoms with Crippen LogP contribution in [0.2, 0.25) is 0 Å². The number of carbonyl (C=O) groups excluding carboxylic acids is 1. The molecule has 4 heteroatoms. The number of fused-ring (bicyclic) bond motifs is 3. The monoisotopic (exact) mass is 441 g/mol. The first kappa shape index (κ1) is 22.7. The molecule has 168 valence electrons. The van der Waals surface area contributed by atoms with Crippen molar-refractivity contribution in [2.45, 2.75) is 58.3 Å². The zero-order valence-electron chi connectivity index (χ0n) is 19.0. The lowest BCUT2D eigenvalue weighted by Gasteiger charge is -2.22. The van der Waals surface area contributed by atoms with Crippen LogP contribution in [-0.2, 0) is 19.3 Å². The molecule has 1 aliphatic carbocycles. The van der Waals surface area contributed by atoms with Crippen LogP contribution >= 0.6 is 0 Å². The molecule has 0 heterocycles. The Labute approximate surface area is 194 Å². The van der Waals surface area contributed by atoms with Gasteiger partial charge in [-0.3, -0.25) is 0 Å². The predicted molar refractivity (Wildman–Crippen MR) is 128 cm³/mol. The highest BCUT2D eigenvalue weighted by Crippen LogP contribution is 2.36. The molecule has 0 aromatic heterocycles. The van der Waals surface area contributed by atoms with Gasteiger partial charge in [-0.1, -0.05) is 56.9 Å². The number of halogens is 1. The average Bonchev–Trinajstić information content (AvgIpc) is 2.84. The molecule has 0 unspecified atom stereocenters. The van der Waals surface area contributed by atoms with Crippen molar-refractivity contribution in [1.29, 1.82) is 5.26 Å². The number of hydrogen-bond donors (Lipinski definition) is 0. The van der Waals surface area contributed by atoms with E-state index in [1.54, 1.807) is 12.1 Å². The van der Waals surface area contributed by atoms with Crippen molar-refractivity contribution in [3.8, 4) is 22.9 Å². The summed E-state index contributed by atoms with van der Waals surface area (Å²) in [5, 5.41) is 8.88. The minimum atomic E-state index is -0.732. The van der Waals surface area contributed by atoms with E-state index in [1.165, 1.54) is 61.4 Å². The smallest absolute Gasteiger partial charge is 0.346 e. The van der Waals surface area contributed by atoms with Crippen LogP contribution in [0.5, 0.6) is 5.75 Å². The van der Waals surface area contributed by atoms with Gasteiger partial charge >= 0.3 is 5.97 Å². The van der Waals surface area contributed by atoms with Crippen LogP contribution in [0.4, 0.5) is 4.39 Å². The first-order chi connectivity index (χ1) is 16.1. The van der Waals surface area contributed by atoms with E-state index in [0.717, 1.165) is 24.0 Å². The SMILES string of the molecule is CCCCCCCc1ccc2c(c1)CCc1c-2ccc(C(=O)Oc2ccc(C#N)cc2)c1F.